The Morgan fingerprint density at radius 1 is 1.14 bits per heavy atom. The third kappa shape index (κ3) is 6.35. The molecule has 0 fully saturated rings. The zero-order valence-corrected chi connectivity index (χ0v) is 15.8. The van der Waals surface area contributed by atoms with Gasteiger partial charge in [0.2, 0.25) is 0 Å². The molecule has 7 nitrogen and oxygen atoms in total. The number of nitro benzene ring substituents is 1. The van der Waals surface area contributed by atoms with E-state index < -0.39 is 10.9 Å². The molecule has 0 aliphatic carbocycles. The molecule has 0 aliphatic rings. The molecule has 1 amide bonds. The molecule has 0 saturated heterocycles. The number of amides is 1. The van der Waals surface area contributed by atoms with Crippen LogP contribution in [0.25, 0.3) is 6.08 Å². The fourth-order valence-electron chi connectivity index (χ4n) is 2.51. The van der Waals surface area contributed by atoms with E-state index in [0.29, 0.717) is 12.1 Å². The molecule has 28 heavy (non-hydrogen) atoms. The number of non-ortho nitro benzene ring substituents is 1. The van der Waals surface area contributed by atoms with Crippen molar-refractivity contribution >= 4 is 23.6 Å². The highest BCUT2D eigenvalue weighted by Gasteiger charge is 2.18. The third-order valence-electron chi connectivity index (χ3n) is 3.97. The molecule has 0 radical (unpaired) electrons. The largest absolute Gasteiger partial charge is 0.452 e. The van der Waals surface area contributed by atoms with Gasteiger partial charge >= 0.3 is 5.97 Å². The predicted molar refractivity (Wildman–Crippen MR) is 105 cm³/mol. The van der Waals surface area contributed by atoms with E-state index in [2.05, 4.69) is 0 Å². The predicted octanol–water partition coefficient (Wildman–Crippen LogP) is 3.59. The van der Waals surface area contributed by atoms with Crippen LogP contribution in [0.4, 0.5) is 5.69 Å². The lowest BCUT2D eigenvalue weighted by atomic mass is 10.2. The summed E-state index contributed by atoms with van der Waals surface area (Å²) in [5, 5.41) is 10.8. The van der Waals surface area contributed by atoms with Gasteiger partial charge in [-0.2, -0.15) is 0 Å². The number of carbonyl (C=O) groups excluding carboxylic acids is 2. The van der Waals surface area contributed by atoms with Crippen molar-refractivity contribution in [1.29, 1.82) is 0 Å². The van der Waals surface area contributed by atoms with Crippen LogP contribution in [0.5, 0.6) is 0 Å². The Labute approximate surface area is 163 Å². The first kappa shape index (κ1) is 20.8. The van der Waals surface area contributed by atoms with Crippen molar-refractivity contribution in [2.75, 3.05) is 6.61 Å². The van der Waals surface area contributed by atoms with Gasteiger partial charge in [0.1, 0.15) is 0 Å². The van der Waals surface area contributed by atoms with Crippen LogP contribution >= 0.6 is 0 Å². The Bertz CT molecular complexity index is 862. The topological polar surface area (TPSA) is 89.8 Å². The van der Waals surface area contributed by atoms with Crippen LogP contribution in [-0.2, 0) is 20.9 Å². The minimum Gasteiger partial charge on any atom is -0.452 e. The van der Waals surface area contributed by atoms with Crippen molar-refractivity contribution in [2.45, 2.75) is 26.4 Å². The smallest absolute Gasteiger partial charge is 0.331 e. The van der Waals surface area contributed by atoms with Crippen LogP contribution in [0.15, 0.2) is 60.7 Å². The number of benzene rings is 2. The number of rotatable bonds is 8. The number of carbonyl (C=O) groups is 2. The summed E-state index contributed by atoms with van der Waals surface area (Å²) in [6, 6.07) is 15.4. The fraction of sp³-hybridized carbons (Fsp3) is 0.238. The monoisotopic (exact) mass is 382 g/mol. The van der Waals surface area contributed by atoms with Gasteiger partial charge in [-0.15, -0.1) is 0 Å². The van der Waals surface area contributed by atoms with Gasteiger partial charge < -0.3 is 9.64 Å². The molecular weight excluding hydrogens is 360 g/mol. The van der Waals surface area contributed by atoms with Crippen LogP contribution < -0.4 is 0 Å². The molecule has 0 saturated carbocycles. The summed E-state index contributed by atoms with van der Waals surface area (Å²) >= 11 is 0. The van der Waals surface area contributed by atoms with Crippen LogP contribution in [0.2, 0.25) is 0 Å². The van der Waals surface area contributed by atoms with E-state index in [-0.39, 0.29) is 24.2 Å². The number of nitro groups is 1. The van der Waals surface area contributed by atoms with Crippen LogP contribution in [0.3, 0.4) is 0 Å². The summed E-state index contributed by atoms with van der Waals surface area (Å²) < 4.78 is 5.02. The molecule has 0 spiro atoms. The zero-order chi connectivity index (χ0) is 20.5. The van der Waals surface area contributed by atoms with Crippen molar-refractivity contribution in [2.24, 2.45) is 0 Å². The van der Waals surface area contributed by atoms with Gasteiger partial charge in [-0.25, -0.2) is 4.79 Å². The summed E-state index contributed by atoms with van der Waals surface area (Å²) in [5.74, 6) is -0.987. The van der Waals surface area contributed by atoms with E-state index in [9.17, 15) is 19.7 Å². The number of nitrogens with zero attached hydrogens (tertiary/aromatic N) is 2. The highest BCUT2D eigenvalue weighted by molar-refractivity contribution is 5.89. The highest BCUT2D eigenvalue weighted by atomic mass is 16.6. The molecule has 0 atom stereocenters. The molecule has 2 aromatic rings. The second kappa shape index (κ2) is 10.0. The maximum Gasteiger partial charge on any atom is 0.331 e. The van der Waals surface area contributed by atoms with Gasteiger partial charge in [-0.05, 0) is 31.1 Å². The van der Waals surface area contributed by atoms with Crippen LogP contribution in [-0.4, -0.2) is 34.3 Å². The first-order valence-corrected chi connectivity index (χ1v) is 8.79. The standard InChI is InChI=1S/C21H22N2O5/c1-16(2)22(14-18-7-4-3-5-8-18)20(24)15-28-21(25)12-11-17-9-6-10-19(13-17)23(26)27/h3-13,16H,14-15H2,1-2H3/b12-11+. The minimum absolute atomic E-state index is 0.0492. The minimum atomic E-state index is -0.691. The Kier molecular flexibility index (Phi) is 7.45. The molecule has 0 aromatic heterocycles. The van der Waals surface area contributed by atoms with Gasteiger partial charge in [-0.3, -0.25) is 14.9 Å². The number of hydrogen-bond donors (Lipinski definition) is 0. The quantitative estimate of drug-likeness (QED) is 0.301. The molecule has 0 aliphatic heterocycles. The van der Waals surface area contributed by atoms with E-state index in [1.165, 1.54) is 24.3 Å². The van der Waals surface area contributed by atoms with Gasteiger partial charge in [0, 0.05) is 30.8 Å². The summed E-state index contributed by atoms with van der Waals surface area (Å²) in [5.41, 5.74) is 1.41. The van der Waals surface area contributed by atoms with Crippen LogP contribution in [0.1, 0.15) is 25.0 Å². The van der Waals surface area contributed by atoms with E-state index in [4.69, 9.17) is 4.74 Å². The van der Waals surface area contributed by atoms with E-state index in [0.717, 1.165) is 11.6 Å². The Balaban J connectivity index is 1.92. The Morgan fingerprint density at radius 3 is 2.50 bits per heavy atom. The molecule has 7 heteroatoms. The second-order valence-corrected chi connectivity index (χ2v) is 6.39. The molecule has 146 valence electrons. The van der Waals surface area contributed by atoms with Crippen molar-refractivity contribution in [3.8, 4) is 0 Å². The summed E-state index contributed by atoms with van der Waals surface area (Å²) in [7, 11) is 0. The molecule has 0 bridgehead atoms. The van der Waals surface area contributed by atoms with E-state index >= 15 is 0 Å². The number of ether oxygens (including phenoxy) is 1. The molecule has 2 rings (SSSR count). The summed E-state index contributed by atoms with van der Waals surface area (Å²) in [4.78, 5) is 36.2. The number of esters is 1. The maximum atomic E-state index is 12.4. The first-order valence-electron chi connectivity index (χ1n) is 8.79. The lowest BCUT2D eigenvalue weighted by molar-refractivity contribution is -0.384. The lowest BCUT2D eigenvalue weighted by Crippen LogP contribution is -2.39. The van der Waals surface area contributed by atoms with Gasteiger partial charge in [0.25, 0.3) is 11.6 Å². The summed E-state index contributed by atoms with van der Waals surface area (Å²) in [6.07, 6.45) is 2.55. The summed E-state index contributed by atoms with van der Waals surface area (Å²) in [6.45, 7) is 3.84. The molecular formula is C21H22N2O5. The second-order valence-electron chi connectivity index (χ2n) is 6.39. The van der Waals surface area contributed by atoms with Gasteiger partial charge in [-0.1, -0.05) is 42.5 Å². The van der Waals surface area contributed by atoms with Crippen molar-refractivity contribution < 1.29 is 19.2 Å². The van der Waals surface area contributed by atoms with Crippen LogP contribution in [0, 0.1) is 10.1 Å². The lowest BCUT2D eigenvalue weighted by Gasteiger charge is -2.26. The van der Waals surface area contributed by atoms with Crippen molar-refractivity contribution in [1.82, 2.24) is 4.90 Å². The van der Waals surface area contributed by atoms with Crippen molar-refractivity contribution in [3.63, 3.8) is 0 Å². The van der Waals surface area contributed by atoms with E-state index in [1.54, 1.807) is 11.0 Å². The van der Waals surface area contributed by atoms with Gasteiger partial charge in [0.05, 0.1) is 4.92 Å². The fourth-order valence-corrected chi connectivity index (χ4v) is 2.51. The average Bonchev–Trinajstić information content (AvgIpc) is 2.69. The number of hydrogen-bond acceptors (Lipinski definition) is 5. The normalized spacial score (nSPS) is 10.8. The van der Waals surface area contributed by atoms with Crippen molar-refractivity contribution in [3.05, 3.63) is 81.9 Å². The highest BCUT2D eigenvalue weighted by Crippen LogP contribution is 2.14. The SMILES string of the molecule is CC(C)N(Cc1ccccc1)C(=O)COC(=O)/C=C/c1cccc([N+](=O)[O-])c1. The average molecular weight is 382 g/mol. The Hall–Kier alpha value is -3.48. The zero-order valence-electron chi connectivity index (χ0n) is 15.8. The van der Waals surface area contributed by atoms with E-state index in [1.807, 2.05) is 44.2 Å². The maximum absolute atomic E-state index is 12.4. The first-order chi connectivity index (χ1) is 13.4. The molecule has 0 N–H and O–H groups in total. The van der Waals surface area contributed by atoms with Gasteiger partial charge in [0.15, 0.2) is 6.61 Å². The molecule has 0 unspecified atom stereocenters. The third-order valence-corrected chi connectivity index (χ3v) is 3.97. The molecule has 0 heterocycles. The molecule has 2 aromatic carbocycles. The Morgan fingerprint density at radius 2 is 1.86 bits per heavy atom.